The van der Waals surface area contributed by atoms with Gasteiger partial charge in [-0.05, 0) is 32.9 Å². The molecule has 0 aromatic carbocycles. The first kappa shape index (κ1) is 13.2. The first-order valence-electron chi connectivity index (χ1n) is 5.18. The maximum Gasteiger partial charge on any atom is 0.330 e. The van der Waals surface area contributed by atoms with E-state index in [2.05, 4.69) is 32.3 Å². The van der Waals surface area contributed by atoms with Crippen LogP contribution in [0.1, 0.15) is 33.6 Å². The maximum absolute atomic E-state index is 10.5. The predicted molar refractivity (Wildman–Crippen MR) is 58.4 cm³/mol. The Morgan fingerprint density at radius 1 is 1.43 bits per heavy atom. The van der Waals surface area contributed by atoms with Crippen LogP contribution in [0.15, 0.2) is 12.2 Å². The SMILES string of the molecule is C=C(CCC(C)N(CC)CC)C(=O)O. The van der Waals surface area contributed by atoms with E-state index < -0.39 is 5.97 Å². The fourth-order valence-electron chi connectivity index (χ4n) is 1.52. The lowest BCUT2D eigenvalue weighted by atomic mass is 10.1. The van der Waals surface area contributed by atoms with Gasteiger partial charge in [-0.15, -0.1) is 0 Å². The van der Waals surface area contributed by atoms with E-state index in [0.717, 1.165) is 19.5 Å². The standard InChI is InChI=1S/C11H21NO2/c1-5-12(6-2)10(4)8-7-9(3)11(13)14/h10H,3,5-8H2,1-2,4H3,(H,13,14). The van der Waals surface area contributed by atoms with Crippen LogP contribution in [0.3, 0.4) is 0 Å². The van der Waals surface area contributed by atoms with Crippen LogP contribution in [-0.2, 0) is 4.79 Å². The smallest absolute Gasteiger partial charge is 0.330 e. The minimum atomic E-state index is -0.878. The van der Waals surface area contributed by atoms with Gasteiger partial charge in [-0.3, -0.25) is 0 Å². The zero-order valence-electron chi connectivity index (χ0n) is 9.42. The van der Waals surface area contributed by atoms with Crippen LogP contribution >= 0.6 is 0 Å². The van der Waals surface area contributed by atoms with Crippen LogP contribution in [0.25, 0.3) is 0 Å². The number of carboxylic acid groups (broad SMARTS) is 1. The summed E-state index contributed by atoms with van der Waals surface area (Å²) in [5.41, 5.74) is 0.309. The lowest BCUT2D eigenvalue weighted by Gasteiger charge is -2.26. The van der Waals surface area contributed by atoms with Crippen molar-refractivity contribution in [2.75, 3.05) is 13.1 Å². The summed E-state index contributed by atoms with van der Waals surface area (Å²) in [5.74, 6) is -0.878. The topological polar surface area (TPSA) is 40.5 Å². The van der Waals surface area contributed by atoms with Crippen LogP contribution in [0, 0.1) is 0 Å². The summed E-state index contributed by atoms with van der Waals surface area (Å²) in [4.78, 5) is 12.8. The zero-order valence-corrected chi connectivity index (χ0v) is 9.42. The molecule has 0 aliphatic rings. The molecule has 82 valence electrons. The fraction of sp³-hybridized carbons (Fsp3) is 0.727. The van der Waals surface area contributed by atoms with E-state index in [1.807, 2.05) is 0 Å². The van der Waals surface area contributed by atoms with Gasteiger partial charge in [0, 0.05) is 11.6 Å². The number of nitrogens with zero attached hydrogens (tertiary/aromatic N) is 1. The summed E-state index contributed by atoms with van der Waals surface area (Å²) in [6, 6.07) is 0.432. The molecule has 0 fully saturated rings. The van der Waals surface area contributed by atoms with E-state index in [-0.39, 0.29) is 0 Å². The van der Waals surface area contributed by atoms with Crippen LogP contribution < -0.4 is 0 Å². The van der Waals surface area contributed by atoms with Gasteiger partial charge in [0.05, 0.1) is 0 Å². The fourth-order valence-corrected chi connectivity index (χ4v) is 1.52. The number of hydrogen-bond acceptors (Lipinski definition) is 2. The second-order valence-corrected chi connectivity index (χ2v) is 3.52. The normalized spacial score (nSPS) is 12.9. The Morgan fingerprint density at radius 3 is 2.29 bits per heavy atom. The molecule has 1 atom stereocenters. The van der Waals surface area contributed by atoms with Gasteiger partial charge >= 0.3 is 5.97 Å². The zero-order chi connectivity index (χ0) is 11.1. The highest BCUT2D eigenvalue weighted by atomic mass is 16.4. The number of rotatable bonds is 7. The van der Waals surface area contributed by atoms with Crippen LogP contribution in [0.2, 0.25) is 0 Å². The molecule has 0 saturated heterocycles. The number of carbonyl (C=O) groups is 1. The minimum Gasteiger partial charge on any atom is -0.478 e. The van der Waals surface area contributed by atoms with Crippen molar-refractivity contribution in [3.05, 3.63) is 12.2 Å². The van der Waals surface area contributed by atoms with Crippen molar-refractivity contribution >= 4 is 5.97 Å². The van der Waals surface area contributed by atoms with Gasteiger partial charge in [0.1, 0.15) is 0 Å². The van der Waals surface area contributed by atoms with Gasteiger partial charge < -0.3 is 10.0 Å². The van der Waals surface area contributed by atoms with E-state index in [9.17, 15) is 4.79 Å². The number of aliphatic carboxylic acids is 1. The van der Waals surface area contributed by atoms with Crippen molar-refractivity contribution in [2.24, 2.45) is 0 Å². The van der Waals surface area contributed by atoms with E-state index in [0.29, 0.717) is 18.0 Å². The third-order valence-electron chi connectivity index (χ3n) is 2.60. The van der Waals surface area contributed by atoms with E-state index >= 15 is 0 Å². The van der Waals surface area contributed by atoms with Gasteiger partial charge in [-0.1, -0.05) is 20.4 Å². The van der Waals surface area contributed by atoms with Crippen LogP contribution in [0.4, 0.5) is 0 Å². The summed E-state index contributed by atoms with van der Waals surface area (Å²) in [6.45, 7) is 11.9. The average molecular weight is 199 g/mol. The largest absolute Gasteiger partial charge is 0.478 e. The highest BCUT2D eigenvalue weighted by molar-refractivity contribution is 5.85. The second kappa shape index (κ2) is 6.60. The quantitative estimate of drug-likeness (QED) is 0.639. The van der Waals surface area contributed by atoms with Crippen molar-refractivity contribution in [3.63, 3.8) is 0 Å². The molecular formula is C11H21NO2. The molecule has 0 aliphatic heterocycles. The lowest BCUT2D eigenvalue weighted by molar-refractivity contribution is -0.132. The summed E-state index contributed by atoms with van der Waals surface area (Å²) in [5, 5.41) is 8.63. The van der Waals surface area contributed by atoms with Gasteiger partial charge in [0.15, 0.2) is 0 Å². The third kappa shape index (κ3) is 4.42. The molecule has 0 amide bonds. The van der Waals surface area contributed by atoms with E-state index in [1.165, 1.54) is 0 Å². The molecule has 3 nitrogen and oxygen atoms in total. The molecule has 1 N–H and O–H groups in total. The minimum absolute atomic E-state index is 0.309. The van der Waals surface area contributed by atoms with Crippen molar-refractivity contribution < 1.29 is 9.90 Å². The summed E-state index contributed by atoms with van der Waals surface area (Å²) in [7, 11) is 0. The van der Waals surface area contributed by atoms with Crippen molar-refractivity contribution in [2.45, 2.75) is 39.7 Å². The van der Waals surface area contributed by atoms with E-state index in [1.54, 1.807) is 0 Å². The molecule has 0 heterocycles. The van der Waals surface area contributed by atoms with Gasteiger partial charge in [0.25, 0.3) is 0 Å². The highest BCUT2D eigenvalue weighted by Crippen LogP contribution is 2.10. The summed E-state index contributed by atoms with van der Waals surface area (Å²) in [6.07, 6.45) is 1.44. The molecule has 0 rings (SSSR count). The highest BCUT2D eigenvalue weighted by Gasteiger charge is 2.11. The molecular weight excluding hydrogens is 178 g/mol. The Hall–Kier alpha value is -0.830. The molecule has 14 heavy (non-hydrogen) atoms. The predicted octanol–water partition coefficient (Wildman–Crippen LogP) is 2.14. The molecule has 0 spiro atoms. The Labute approximate surface area is 86.4 Å². The Morgan fingerprint density at radius 2 is 1.93 bits per heavy atom. The average Bonchev–Trinajstić information content (AvgIpc) is 2.15. The van der Waals surface area contributed by atoms with Gasteiger partial charge in [0.2, 0.25) is 0 Å². The van der Waals surface area contributed by atoms with Gasteiger partial charge in [-0.2, -0.15) is 0 Å². The molecule has 1 unspecified atom stereocenters. The van der Waals surface area contributed by atoms with Crippen molar-refractivity contribution in [1.82, 2.24) is 4.90 Å². The molecule has 0 bridgehead atoms. The molecule has 0 aromatic heterocycles. The van der Waals surface area contributed by atoms with Crippen LogP contribution in [0.5, 0.6) is 0 Å². The third-order valence-corrected chi connectivity index (χ3v) is 2.60. The molecule has 0 saturated carbocycles. The summed E-state index contributed by atoms with van der Waals surface area (Å²) < 4.78 is 0. The first-order valence-corrected chi connectivity index (χ1v) is 5.18. The molecule has 0 aliphatic carbocycles. The Kier molecular flexibility index (Phi) is 6.21. The van der Waals surface area contributed by atoms with Crippen molar-refractivity contribution in [3.8, 4) is 0 Å². The Bertz CT molecular complexity index is 197. The number of carboxylic acids is 1. The molecule has 3 heteroatoms. The van der Waals surface area contributed by atoms with E-state index in [4.69, 9.17) is 5.11 Å². The van der Waals surface area contributed by atoms with Crippen LogP contribution in [-0.4, -0.2) is 35.1 Å². The van der Waals surface area contributed by atoms with Crippen molar-refractivity contribution in [1.29, 1.82) is 0 Å². The Balaban J connectivity index is 3.88. The second-order valence-electron chi connectivity index (χ2n) is 3.52. The molecule has 0 aromatic rings. The number of hydrogen-bond donors (Lipinski definition) is 1. The first-order chi connectivity index (χ1) is 6.52. The molecule has 0 radical (unpaired) electrons. The monoisotopic (exact) mass is 199 g/mol. The maximum atomic E-state index is 10.5. The lowest BCUT2D eigenvalue weighted by Crippen LogP contribution is -2.32. The van der Waals surface area contributed by atoms with Gasteiger partial charge in [-0.25, -0.2) is 4.79 Å². The summed E-state index contributed by atoms with van der Waals surface area (Å²) >= 11 is 0.